The Hall–Kier alpha value is -0.810. The second-order valence-electron chi connectivity index (χ2n) is 4.33. The predicted molar refractivity (Wildman–Crippen MR) is 77.5 cm³/mol. The van der Waals surface area contributed by atoms with Crippen LogP contribution in [0.4, 0.5) is 0 Å². The van der Waals surface area contributed by atoms with Crippen molar-refractivity contribution in [3.05, 3.63) is 26.9 Å². The summed E-state index contributed by atoms with van der Waals surface area (Å²) in [5.41, 5.74) is 5.56. The first-order valence-electron chi connectivity index (χ1n) is 5.87. The van der Waals surface area contributed by atoms with E-state index in [1.807, 2.05) is 4.57 Å². The van der Waals surface area contributed by atoms with Crippen molar-refractivity contribution in [2.45, 2.75) is 24.5 Å². The fourth-order valence-corrected chi connectivity index (χ4v) is 5.96. The van der Waals surface area contributed by atoms with Gasteiger partial charge in [-0.15, -0.1) is 21.5 Å². The zero-order valence-electron chi connectivity index (χ0n) is 10.4. The summed E-state index contributed by atoms with van der Waals surface area (Å²) in [4.78, 5) is 1.10. The Morgan fingerprint density at radius 3 is 2.95 bits per heavy atom. The number of nitrogens with two attached hydrogens (primary N) is 1. The van der Waals surface area contributed by atoms with Crippen molar-refractivity contribution in [3.8, 4) is 0 Å². The molecule has 0 saturated carbocycles. The molecule has 2 aromatic heterocycles. The molecule has 3 rings (SSSR count). The van der Waals surface area contributed by atoms with Gasteiger partial charge in [0.25, 0.3) is 0 Å². The molecule has 0 aliphatic carbocycles. The van der Waals surface area contributed by atoms with Crippen molar-refractivity contribution in [1.82, 2.24) is 19.1 Å². The zero-order valence-corrected chi connectivity index (χ0v) is 13.6. The van der Waals surface area contributed by atoms with Crippen molar-refractivity contribution < 1.29 is 8.42 Å². The third kappa shape index (κ3) is 2.31. The van der Waals surface area contributed by atoms with Gasteiger partial charge in [-0.2, -0.15) is 4.31 Å². The normalized spacial score (nSPS) is 16.3. The molecule has 108 valence electrons. The van der Waals surface area contributed by atoms with Gasteiger partial charge in [-0.05, 0) is 22.0 Å². The Morgan fingerprint density at radius 2 is 2.25 bits per heavy atom. The second-order valence-corrected chi connectivity index (χ2v) is 8.69. The van der Waals surface area contributed by atoms with Crippen molar-refractivity contribution in [3.63, 3.8) is 0 Å². The van der Waals surface area contributed by atoms with Crippen molar-refractivity contribution in [2.24, 2.45) is 5.73 Å². The van der Waals surface area contributed by atoms with Crippen LogP contribution in [0.5, 0.6) is 0 Å². The predicted octanol–water partition coefficient (Wildman–Crippen LogP) is 0.765. The lowest BCUT2D eigenvalue weighted by Crippen LogP contribution is -2.38. The van der Waals surface area contributed by atoms with Crippen LogP contribution in [0.1, 0.15) is 10.7 Å². The molecule has 0 fully saturated rings. The van der Waals surface area contributed by atoms with Gasteiger partial charge in [0, 0.05) is 24.5 Å². The second kappa shape index (κ2) is 5.19. The van der Waals surface area contributed by atoms with E-state index in [4.69, 9.17) is 5.73 Å². The average Bonchev–Trinajstić information content (AvgIpc) is 3.03. The quantitative estimate of drug-likeness (QED) is 0.851. The first-order chi connectivity index (χ1) is 9.52. The number of sulfonamides is 1. The Morgan fingerprint density at radius 1 is 1.45 bits per heavy atom. The van der Waals surface area contributed by atoms with Gasteiger partial charge in [-0.25, -0.2) is 8.42 Å². The number of hydrogen-bond acceptors (Lipinski definition) is 6. The monoisotopic (exact) mass is 377 g/mol. The minimum absolute atomic E-state index is 0.239. The van der Waals surface area contributed by atoms with Crippen LogP contribution in [0.25, 0.3) is 0 Å². The molecule has 0 unspecified atom stereocenters. The molecule has 0 bridgehead atoms. The zero-order chi connectivity index (χ0) is 14.3. The summed E-state index contributed by atoms with van der Waals surface area (Å²) in [7, 11) is -3.54. The third-order valence-corrected chi connectivity index (χ3v) is 7.25. The Bertz CT molecular complexity index is 739. The van der Waals surface area contributed by atoms with Gasteiger partial charge in [-0.3, -0.25) is 0 Å². The van der Waals surface area contributed by atoms with Crippen LogP contribution in [0.15, 0.2) is 21.1 Å². The van der Waals surface area contributed by atoms with E-state index in [1.54, 1.807) is 12.4 Å². The van der Waals surface area contributed by atoms with E-state index in [9.17, 15) is 8.42 Å². The highest BCUT2D eigenvalue weighted by Crippen LogP contribution is 2.34. The molecule has 7 nitrogen and oxygen atoms in total. The van der Waals surface area contributed by atoms with Gasteiger partial charge < -0.3 is 10.3 Å². The first kappa shape index (κ1) is 14.1. The smallest absolute Gasteiger partial charge is 0.245 e. The fraction of sp³-hybridized carbons (Fsp3) is 0.400. The van der Waals surface area contributed by atoms with Gasteiger partial charge in [0.1, 0.15) is 17.0 Å². The number of thiophene rings is 1. The van der Waals surface area contributed by atoms with Crippen LogP contribution in [0.3, 0.4) is 0 Å². The third-order valence-electron chi connectivity index (χ3n) is 3.13. The van der Waals surface area contributed by atoms with E-state index >= 15 is 0 Å². The summed E-state index contributed by atoms with van der Waals surface area (Å²) in [5, 5.41) is 7.73. The molecule has 0 saturated heterocycles. The van der Waals surface area contributed by atoms with Crippen molar-refractivity contribution in [2.75, 3.05) is 6.54 Å². The molecule has 0 aromatic carbocycles. The fourth-order valence-electron chi connectivity index (χ4n) is 2.06. The number of hydrogen-bond donors (Lipinski definition) is 1. The number of halogens is 1. The minimum Gasteiger partial charge on any atom is -0.326 e. The highest BCUT2D eigenvalue weighted by atomic mass is 79.9. The largest absolute Gasteiger partial charge is 0.326 e. The van der Waals surface area contributed by atoms with E-state index in [1.165, 1.54) is 15.6 Å². The molecule has 20 heavy (non-hydrogen) atoms. The molecule has 2 aromatic rings. The number of aromatic nitrogens is 3. The summed E-state index contributed by atoms with van der Waals surface area (Å²) in [6, 6.07) is 1.63. The standard InChI is InChI=1S/C10H12BrN5O2S2/c11-10-8(3-7(4-12)19-10)20(17,18)16-2-1-15-6-13-14-9(15)5-16/h3,6H,1-2,4-5,12H2. The maximum absolute atomic E-state index is 12.7. The molecule has 1 aliphatic rings. The van der Waals surface area contributed by atoms with Crippen LogP contribution >= 0.6 is 27.3 Å². The highest BCUT2D eigenvalue weighted by molar-refractivity contribution is 9.11. The van der Waals surface area contributed by atoms with Crippen LogP contribution < -0.4 is 5.73 Å². The van der Waals surface area contributed by atoms with Gasteiger partial charge in [0.15, 0.2) is 0 Å². The lowest BCUT2D eigenvalue weighted by Gasteiger charge is -2.26. The molecule has 3 heterocycles. The van der Waals surface area contributed by atoms with Crippen LogP contribution in [-0.4, -0.2) is 34.0 Å². The summed E-state index contributed by atoms with van der Waals surface area (Å²) < 4.78 is 29.2. The van der Waals surface area contributed by atoms with Crippen LogP contribution in [0, 0.1) is 0 Å². The van der Waals surface area contributed by atoms with Crippen molar-refractivity contribution >= 4 is 37.3 Å². The van der Waals surface area contributed by atoms with Crippen molar-refractivity contribution in [1.29, 1.82) is 0 Å². The number of rotatable bonds is 3. The minimum atomic E-state index is -3.54. The van der Waals surface area contributed by atoms with E-state index in [-0.39, 0.29) is 11.4 Å². The van der Waals surface area contributed by atoms with Crippen LogP contribution in [-0.2, 0) is 29.7 Å². The van der Waals surface area contributed by atoms with Crippen LogP contribution in [0.2, 0.25) is 0 Å². The van der Waals surface area contributed by atoms with E-state index < -0.39 is 10.0 Å². The molecule has 0 atom stereocenters. The summed E-state index contributed by atoms with van der Waals surface area (Å²) in [6.45, 7) is 1.54. The average molecular weight is 378 g/mol. The first-order valence-corrected chi connectivity index (χ1v) is 8.92. The lowest BCUT2D eigenvalue weighted by atomic mass is 10.4. The van der Waals surface area contributed by atoms with Gasteiger partial charge >= 0.3 is 0 Å². The maximum atomic E-state index is 12.7. The van der Waals surface area contributed by atoms with Gasteiger partial charge in [0.05, 0.1) is 10.3 Å². The maximum Gasteiger partial charge on any atom is 0.245 e. The highest BCUT2D eigenvalue weighted by Gasteiger charge is 2.31. The molecule has 0 radical (unpaired) electrons. The SMILES string of the molecule is NCc1cc(S(=O)(=O)N2CCn3cnnc3C2)c(Br)s1. The number of nitrogens with zero attached hydrogens (tertiary/aromatic N) is 4. The van der Waals surface area contributed by atoms with E-state index in [2.05, 4.69) is 26.1 Å². The number of fused-ring (bicyclic) bond motifs is 1. The molecule has 10 heteroatoms. The van der Waals surface area contributed by atoms with Gasteiger partial charge in [0.2, 0.25) is 10.0 Å². The summed E-state index contributed by atoms with van der Waals surface area (Å²) in [5.74, 6) is 0.658. The molecular weight excluding hydrogens is 366 g/mol. The molecule has 2 N–H and O–H groups in total. The Kier molecular flexibility index (Phi) is 3.67. The Balaban J connectivity index is 1.95. The molecule has 0 spiro atoms. The van der Waals surface area contributed by atoms with E-state index in [0.717, 1.165) is 4.88 Å². The van der Waals surface area contributed by atoms with E-state index in [0.29, 0.717) is 29.2 Å². The lowest BCUT2D eigenvalue weighted by molar-refractivity contribution is 0.335. The summed E-state index contributed by atoms with van der Waals surface area (Å²) in [6.07, 6.45) is 1.62. The molecule has 1 aliphatic heterocycles. The molecular formula is C10H12BrN5O2S2. The summed E-state index contributed by atoms with van der Waals surface area (Å²) >= 11 is 4.65. The Labute approximate surface area is 128 Å². The van der Waals surface area contributed by atoms with Gasteiger partial charge in [-0.1, -0.05) is 0 Å². The molecule has 0 amide bonds. The topological polar surface area (TPSA) is 94.1 Å².